The number of carbonyl (C=O) groups excluding carboxylic acids is 1. The maximum Gasteiger partial charge on any atom is 0.407 e. The first kappa shape index (κ1) is 17.7. The van der Waals surface area contributed by atoms with Crippen LogP contribution < -0.4 is 5.32 Å². The summed E-state index contributed by atoms with van der Waals surface area (Å²) >= 11 is 5.71. The molecule has 0 aliphatic heterocycles. The number of carbonyl (C=O) groups is 1. The molecule has 1 aromatic carbocycles. The van der Waals surface area contributed by atoms with Gasteiger partial charge < -0.3 is 15.2 Å². The minimum absolute atomic E-state index is 0.0456. The standard InChI is InChI=1S/C15H21ClFNO3/c1-15(2,3)21-14(20)18-8-11(9-19)6-10-4-5-13(17)12(16)7-10/h4-5,7,11,19H,6,8-9H2,1-3H3,(H,18,20). The lowest BCUT2D eigenvalue weighted by Gasteiger charge is -2.21. The van der Waals surface area contributed by atoms with Crippen LogP contribution in [-0.2, 0) is 11.2 Å². The van der Waals surface area contributed by atoms with E-state index in [2.05, 4.69) is 5.32 Å². The number of rotatable bonds is 5. The zero-order chi connectivity index (χ0) is 16.0. The van der Waals surface area contributed by atoms with Crippen LogP contribution in [0.5, 0.6) is 0 Å². The van der Waals surface area contributed by atoms with Crippen LogP contribution in [0.1, 0.15) is 26.3 Å². The maximum atomic E-state index is 13.1. The van der Waals surface area contributed by atoms with E-state index in [9.17, 15) is 14.3 Å². The molecule has 1 atom stereocenters. The van der Waals surface area contributed by atoms with Crippen LogP contribution in [-0.4, -0.2) is 30.0 Å². The first-order valence-electron chi connectivity index (χ1n) is 6.73. The Labute approximate surface area is 129 Å². The number of alkyl carbamates (subject to hydrolysis) is 1. The molecule has 0 aromatic heterocycles. The van der Waals surface area contributed by atoms with E-state index in [1.807, 2.05) is 0 Å². The van der Waals surface area contributed by atoms with E-state index in [4.69, 9.17) is 16.3 Å². The van der Waals surface area contributed by atoms with Crippen LogP contribution >= 0.6 is 11.6 Å². The first-order chi connectivity index (χ1) is 9.71. The van der Waals surface area contributed by atoms with Gasteiger partial charge in [0.25, 0.3) is 0 Å². The molecule has 118 valence electrons. The second-order valence-electron chi connectivity index (χ2n) is 5.88. The molecule has 21 heavy (non-hydrogen) atoms. The molecule has 0 aliphatic carbocycles. The SMILES string of the molecule is CC(C)(C)OC(=O)NCC(CO)Cc1ccc(F)c(Cl)c1. The summed E-state index contributed by atoms with van der Waals surface area (Å²) < 4.78 is 18.2. The highest BCUT2D eigenvalue weighted by atomic mass is 35.5. The van der Waals surface area contributed by atoms with Gasteiger partial charge in [-0.3, -0.25) is 0 Å². The second-order valence-corrected chi connectivity index (χ2v) is 6.29. The minimum atomic E-state index is -0.566. The third-order valence-corrected chi connectivity index (χ3v) is 2.99. The van der Waals surface area contributed by atoms with Gasteiger partial charge in [-0.15, -0.1) is 0 Å². The predicted octanol–water partition coefficient (Wildman–Crippen LogP) is 3.15. The van der Waals surface area contributed by atoms with E-state index in [-0.39, 0.29) is 24.1 Å². The molecule has 2 N–H and O–H groups in total. The molecule has 0 saturated carbocycles. The summed E-state index contributed by atoms with van der Waals surface area (Å²) in [5.74, 6) is -0.674. The molecule has 0 spiro atoms. The zero-order valence-corrected chi connectivity index (χ0v) is 13.2. The largest absolute Gasteiger partial charge is 0.444 e. The Morgan fingerprint density at radius 1 is 1.48 bits per heavy atom. The van der Waals surface area contributed by atoms with Crippen LogP contribution in [0.3, 0.4) is 0 Å². The Balaban J connectivity index is 2.51. The molecule has 0 saturated heterocycles. The number of hydrogen-bond acceptors (Lipinski definition) is 3. The van der Waals surface area contributed by atoms with Crippen molar-refractivity contribution in [3.05, 3.63) is 34.6 Å². The Bertz CT molecular complexity index is 488. The van der Waals surface area contributed by atoms with E-state index < -0.39 is 17.5 Å². The van der Waals surface area contributed by atoms with Gasteiger partial charge in [0.2, 0.25) is 0 Å². The van der Waals surface area contributed by atoms with Crippen molar-refractivity contribution in [2.75, 3.05) is 13.2 Å². The van der Waals surface area contributed by atoms with Gasteiger partial charge in [-0.25, -0.2) is 9.18 Å². The quantitative estimate of drug-likeness (QED) is 0.877. The molecule has 1 amide bonds. The van der Waals surface area contributed by atoms with E-state index in [1.165, 1.54) is 12.1 Å². The first-order valence-corrected chi connectivity index (χ1v) is 7.10. The number of benzene rings is 1. The highest BCUT2D eigenvalue weighted by Gasteiger charge is 2.17. The fourth-order valence-corrected chi connectivity index (χ4v) is 1.95. The fraction of sp³-hybridized carbons (Fsp3) is 0.533. The zero-order valence-electron chi connectivity index (χ0n) is 12.5. The van der Waals surface area contributed by atoms with Crippen molar-refractivity contribution in [1.82, 2.24) is 5.32 Å². The lowest BCUT2D eigenvalue weighted by atomic mass is 10.00. The molecule has 0 radical (unpaired) electrons. The highest BCUT2D eigenvalue weighted by molar-refractivity contribution is 6.30. The van der Waals surface area contributed by atoms with E-state index >= 15 is 0 Å². The maximum absolute atomic E-state index is 13.1. The Morgan fingerprint density at radius 2 is 2.14 bits per heavy atom. The average Bonchev–Trinajstić information content (AvgIpc) is 2.36. The average molecular weight is 318 g/mol. The lowest BCUT2D eigenvalue weighted by Crippen LogP contribution is -2.36. The van der Waals surface area contributed by atoms with Gasteiger partial charge in [0.1, 0.15) is 11.4 Å². The van der Waals surface area contributed by atoms with Gasteiger partial charge in [0.05, 0.1) is 5.02 Å². The van der Waals surface area contributed by atoms with Crippen LogP contribution in [0.2, 0.25) is 5.02 Å². The van der Waals surface area contributed by atoms with Gasteiger partial charge in [0, 0.05) is 19.1 Å². The molecule has 1 rings (SSSR count). The topological polar surface area (TPSA) is 58.6 Å². The van der Waals surface area contributed by atoms with Crippen molar-refractivity contribution in [2.45, 2.75) is 32.8 Å². The molecular weight excluding hydrogens is 297 g/mol. The van der Waals surface area contributed by atoms with Crippen molar-refractivity contribution in [3.63, 3.8) is 0 Å². The normalized spacial score (nSPS) is 12.9. The summed E-state index contributed by atoms with van der Waals surface area (Å²) in [6.07, 6.45) is -0.0511. The fourth-order valence-electron chi connectivity index (χ4n) is 1.74. The molecular formula is C15H21ClFNO3. The van der Waals surface area contributed by atoms with Gasteiger partial charge >= 0.3 is 6.09 Å². The summed E-state index contributed by atoms with van der Waals surface area (Å²) in [5, 5.41) is 12.0. The third kappa shape index (κ3) is 6.78. The minimum Gasteiger partial charge on any atom is -0.444 e. The molecule has 0 heterocycles. The van der Waals surface area contributed by atoms with Crippen LogP contribution in [0.25, 0.3) is 0 Å². The highest BCUT2D eigenvalue weighted by Crippen LogP contribution is 2.18. The van der Waals surface area contributed by atoms with Crippen LogP contribution in [0.4, 0.5) is 9.18 Å². The van der Waals surface area contributed by atoms with Crippen LogP contribution in [0.15, 0.2) is 18.2 Å². The predicted molar refractivity (Wildman–Crippen MR) is 79.9 cm³/mol. The lowest BCUT2D eigenvalue weighted by molar-refractivity contribution is 0.0512. The van der Waals surface area contributed by atoms with E-state index in [0.717, 1.165) is 5.56 Å². The number of aliphatic hydroxyl groups is 1. The van der Waals surface area contributed by atoms with Gasteiger partial charge in [0.15, 0.2) is 0 Å². The summed E-state index contributed by atoms with van der Waals surface area (Å²) in [6.45, 7) is 5.48. The number of nitrogens with one attached hydrogen (secondary N) is 1. The Morgan fingerprint density at radius 3 is 2.67 bits per heavy atom. The molecule has 0 aliphatic rings. The Kier molecular flexibility index (Phi) is 6.42. The molecule has 6 heteroatoms. The second kappa shape index (κ2) is 7.61. The molecule has 0 bridgehead atoms. The van der Waals surface area contributed by atoms with Crippen LogP contribution in [0, 0.1) is 11.7 Å². The molecule has 1 aromatic rings. The van der Waals surface area contributed by atoms with Gasteiger partial charge in [-0.2, -0.15) is 0 Å². The smallest absolute Gasteiger partial charge is 0.407 e. The molecule has 1 unspecified atom stereocenters. The summed E-state index contributed by atoms with van der Waals surface area (Å²) in [4.78, 5) is 11.5. The van der Waals surface area contributed by atoms with E-state index in [1.54, 1.807) is 26.8 Å². The number of hydrogen-bond donors (Lipinski definition) is 2. The molecule has 4 nitrogen and oxygen atoms in total. The molecule has 0 fully saturated rings. The summed E-state index contributed by atoms with van der Waals surface area (Å²) in [5.41, 5.74) is 0.231. The number of amides is 1. The summed E-state index contributed by atoms with van der Waals surface area (Å²) in [6, 6.07) is 4.41. The van der Waals surface area contributed by atoms with Crippen molar-refractivity contribution < 1.29 is 19.0 Å². The Hall–Kier alpha value is -1.33. The number of halogens is 2. The van der Waals surface area contributed by atoms with Gasteiger partial charge in [-0.1, -0.05) is 17.7 Å². The van der Waals surface area contributed by atoms with Crippen molar-refractivity contribution in [3.8, 4) is 0 Å². The van der Waals surface area contributed by atoms with E-state index in [0.29, 0.717) is 6.42 Å². The van der Waals surface area contributed by atoms with Crippen molar-refractivity contribution >= 4 is 17.7 Å². The number of ether oxygens (including phenoxy) is 1. The summed E-state index contributed by atoms with van der Waals surface area (Å²) in [7, 11) is 0. The third-order valence-electron chi connectivity index (χ3n) is 2.70. The van der Waals surface area contributed by atoms with Gasteiger partial charge in [-0.05, 0) is 44.9 Å². The monoisotopic (exact) mass is 317 g/mol. The van der Waals surface area contributed by atoms with Crippen molar-refractivity contribution in [2.24, 2.45) is 5.92 Å². The number of aliphatic hydroxyl groups excluding tert-OH is 1. The van der Waals surface area contributed by atoms with Crippen molar-refractivity contribution in [1.29, 1.82) is 0 Å².